The van der Waals surface area contributed by atoms with Gasteiger partial charge in [0.2, 0.25) is 0 Å². The van der Waals surface area contributed by atoms with Gasteiger partial charge in [-0.15, -0.1) is 0 Å². The number of halogens is 1. The van der Waals surface area contributed by atoms with Crippen molar-refractivity contribution in [3.63, 3.8) is 0 Å². The summed E-state index contributed by atoms with van der Waals surface area (Å²) in [5.41, 5.74) is 1.72. The van der Waals surface area contributed by atoms with Gasteiger partial charge >= 0.3 is 0 Å². The average Bonchev–Trinajstić information content (AvgIpc) is 2.32. The first-order valence-electron chi connectivity index (χ1n) is 6.66. The standard InChI is InChI=1S/C15H25FN2/c1-12(2)18(4)9-5-8-17-11-14-7-6-13(3)15(16)10-14/h6-7,10,12,17H,5,8-9,11H2,1-4H3. The van der Waals surface area contributed by atoms with Crippen LogP contribution in [-0.2, 0) is 6.54 Å². The summed E-state index contributed by atoms with van der Waals surface area (Å²) in [5.74, 6) is -0.117. The number of nitrogens with zero attached hydrogens (tertiary/aromatic N) is 1. The summed E-state index contributed by atoms with van der Waals surface area (Å²) in [4.78, 5) is 2.33. The molecule has 3 heteroatoms. The molecule has 0 spiro atoms. The van der Waals surface area contributed by atoms with Crippen LogP contribution >= 0.6 is 0 Å². The van der Waals surface area contributed by atoms with E-state index >= 15 is 0 Å². The smallest absolute Gasteiger partial charge is 0.126 e. The fourth-order valence-corrected chi connectivity index (χ4v) is 1.69. The molecule has 0 aliphatic rings. The van der Waals surface area contributed by atoms with Crippen molar-refractivity contribution in [2.24, 2.45) is 0 Å². The van der Waals surface area contributed by atoms with E-state index in [1.165, 1.54) is 0 Å². The van der Waals surface area contributed by atoms with Crippen LogP contribution in [0.4, 0.5) is 4.39 Å². The summed E-state index contributed by atoms with van der Waals surface area (Å²) >= 11 is 0. The van der Waals surface area contributed by atoms with E-state index in [0.717, 1.165) is 31.6 Å². The van der Waals surface area contributed by atoms with Gasteiger partial charge < -0.3 is 10.2 Å². The number of aryl methyl sites for hydroxylation is 1. The summed E-state index contributed by atoms with van der Waals surface area (Å²) in [6.45, 7) is 8.97. The van der Waals surface area contributed by atoms with E-state index in [0.29, 0.717) is 11.6 Å². The average molecular weight is 252 g/mol. The maximum Gasteiger partial charge on any atom is 0.126 e. The Morgan fingerprint density at radius 3 is 2.67 bits per heavy atom. The molecule has 0 aliphatic carbocycles. The fraction of sp³-hybridized carbons (Fsp3) is 0.600. The highest BCUT2D eigenvalue weighted by Crippen LogP contribution is 2.08. The molecule has 1 N–H and O–H groups in total. The normalized spacial score (nSPS) is 11.5. The number of hydrogen-bond acceptors (Lipinski definition) is 2. The van der Waals surface area contributed by atoms with Crippen molar-refractivity contribution in [2.45, 2.75) is 39.8 Å². The largest absolute Gasteiger partial charge is 0.313 e. The van der Waals surface area contributed by atoms with Crippen molar-refractivity contribution in [1.29, 1.82) is 0 Å². The van der Waals surface area contributed by atoms with Crippen LogP contribution in [0.1, 0.15) is 31.4 Å². The molecule has 0 saturated carbocycles. The highest BCUT2D eigenvalue weighted by atomic mass is 19.1. The zero-order chi connectivity index (χ0) is 13.5. The molecule has 1 rings (SSSR count). The van der Waals surface area contributed by atoms with Crippen molar-refractivity contribution in [1.82, 2.24) is 10.2 Å². The summed E-state index contributed by atoms with van der Waals surface area (Å²) in [6, 6.07) is 6.02. The number of nitrogens with one attached hydrogen (secondary N) is 1. The van der Waals surface area contributed by atoms with Crippen molar-refractivity contribution in [3.05, 3.63) is 35.1 Å². The fourth-order valence-electron chi connectivity index (χ4n) is 1.69. The van der Waals surface area contributed by atoms with Crippen LogP contribution in [0.2, 0.25) is 0 Å². The Bertz CT molecular complexity index is 364. The van der Waals surface area contributed by atoms with Gasteiger partial charge in [0.25, 0.3) is 0 Å². The molecule has 0 unspecified atom stereocenters. The quantitative estimate of drug-likeness (QED) is 0.751. The lowest BCUT2D eigenvalue weighted by Crippen LogP contribution is -2.29. The number of hydrogen-bond donors (Lipinski definition) is 1. The van der Waals surface area contributed by atoms with Gasteiger partial charge in [-0.1, -0.05) is 12.1 Å². The van der Waals surface area contributed by atoms with E-state index in [2.05, 4.69) is 31.1 Å². The second kappa shape index (κ2) is 7.49. The van der Waals surface area contributed by atoms with Crippen LogP contribution < -0.4 is 5.32 Å². The number of benzene rings is 1. The van der Waals surface area contributed by atoms with Gasteiger partial charge in [-0.05, 0) is 64.5 Å². The minimum Gasteiger partial charge on any atom is -0.313 e. The van der Waals surface area contributed by atoms with Gasteiger partial charge in [0, 0.05) is 12.6 Å². The highest BCUT2D eigenvalue weighted by Gasteiger charge is 2.02. The lowest BCUT2D eigenvalue weighted by molar-refractivity contribution is 0.269. The second-order valence-corrected chi connectivity index (χ2v) is 5.19. The Balaban J connectivity index is 2.20. The first-order valence-corrected chi connectivity index (χ1v) is 6.66. The molecular formula is C15H25FN2. The topological polar surface area (TPSA) is 15.3 Å². The van der Waals surface area contributed by atoms with Crippen molar-refractivity contribution in [3.8, 4) is 0 Å². The molecule has 0 radical (unpaired) electrons. The Kier molecular flexibility index (Phi) is 6.30. The van der Waals surface area contributed by atoms with Crippen LogP contribution in [-0.4, -0.2) is 31.1 Å². The van der Waals surface area contributed by atoms with Crippen LogP contribution in [0, 0.1) is 12.7 Å². The predicted molar refractivity (Wildman–Crippen MR) is 75.2 cm³/mol. The molecule has 0 aliphatic heterocycles. The van der Waals surface area contributed by atoms with Gasteiger partial charge in [0.15, 0.2) is 0 Å². The minimum absolute atomic E-state index is 0.117. The van der Waals surface area contributed by atoms with Crippen LogP contribution in [0.25, 0.3) is 0 Å². The molecule has 0 bridgehead atoms. The van der Waals surface area contributed by atoms with E-state index in [-0.39, 0.29) is 5.82 Å². The highest BCUT2D eigenvalue weighted by molar-refractivity contribution is 5.23. The van der Waals surface area contributed by atoms with E-state index in [1.54, 1.807) is 13.0 Å². The van der Waals surface area contributed by atoms with E-state index in [1.807, 2.05) is 12.1 Å². The monoisotopic (exact) mass is 252 g/mol. The molecular weight excluding hydrogens is 227 g/mol. The Labute approximate surface area is 110 Å². The SMILES string of the molecule is Cc1ccc(CNCCCN(C)C(C)C)cc1F. The summed E-state index contributed by atoms with van der Waals surface area (Å²) in [7, 11) is 2.14. The molecule has 0 atom stereocenters. The zero-order valence-electron chi connectivity index (χ0n) is 12.0. The van der Waals surface area contributed by atoms with E-state index in [4.69, 9.17) is 0 Å². The predicted octanol–water partition coefficient (Wildman–Crippen LogP) is 2.95. The van der Waals surface area contributed by atoms with Gasteiger partial charge in [-0.2, -0.15) is 0 Å². The van der Waals surface area contributed by atoms with Gasteiger partial charge in [0.1, 0.15) is 5.82 Å². The van der Waals surface area contributed by atoms with Gasteiger partial charge in [0.05, 0.1) is 0 Å². The Morgan fingerprint density at radius 2 is 2.06 bits per heavy atom. The second-order valence-electron chi connectivity index (χ2n) is 5.19. The molecule has 0 fully saturated rings. The van der Waals surface area contributed by atoms with Crippen molar-refractivity contribution in [2.75, 3.05) is 20.1 Å². The lowest BCUT2D eigenvalue weighted by Gasteiger charge is -2.20. The minimum atomic E-state index is -0.117. The third kappa shape index (κ3) is 5.15. The Hall–Kier alpha value is -0.930. The first-order chi connectivity index (χ1) is 8.50. The molecule has 0 amide bonds. The molecule has 1 aromatic carbocycles. The Morgan fingerprint density at radius 1 is 1.33 bits per heavy atom. The van der Waals surface area contributed by atoms with Crippen molar-refractivity contribution < 1.29 is 4.39 Å². The summed E-state index contributed by atoms with van der Waals surface area (Å²) in [5, 5.41) is 3.35. The molecule has 0 heterocycles. The molecule has 0 aromatic heterocycles. The molecule has 18 heavy (non-hydrogen) atoms. The molecule has 0 saturated heterocycles. The third-order valence-electron chi connectivity index (χ3n) is 3.31. The van der Waals surface area contributed by atoms with Gasteiger partial charge in [-0.3, -0.25) is 0 Å². The first kappa shape index (κ1) is 15.1. The van der Waals surface area contributed by atoms with Crippen LogP contribution in [0.15, 0.2) is 18.2 Å². The maximum absolute atomic E-state index is 13.3. The van der Waals surface area contributed by atoms with Crippen molar-refractivity contribution >= 4 is 0 Å². The molecule has 2 nitrogen and oxygen atoms in total. The molecule has 102 valence electrons. The maximum atomic E-state index is 13.3. The van der Waals surface area contributed by atoms with Crippen LogP contribution in [0.3, 0.4) is 0 Å². The number of rotatable bonds is 7. The third-order valence-corrected chi connectivity index (χ3v) is 3.31. The molecule has 1 aromatic rings. The lowest BCUT2D eigenvalue weighted by atomic mass is 10.1. The van der Waals surface area contributed by atoms with E-state index in [9.17, 15) is 4.39 Å². The van der Waals surface area contributed by atoms with E-state index < -0.39 is 0 Å². The summed E-state index contributed by atoms with van der Waals surface area (Å²) in [6.07, 6.45) is 1.11. The van der Waals surface area contributed by atoms with Crippen LogP contribution in [0.5, 0.6) is 0 Å². The van der Waals surface area contributed by atoms with Gasteiger partial charge in [-0.25, -0.2) is 4.39 Å². The summed E-state index contributed by atoms with van der Waals surface area (Å²) < 4.78 is 13.3. The zero-order valence-corrected chi connectivity index (χ0v) is 12.0.